The van der Waals surface area contributed by atoms with Crippen molar-refractivity contribution < 1.29 is 9.59 Å². The molecular weight excluding hydrogens is 202 g/mol. The van der Waals surface area contributed by atoms with E-state index in [4.69, 9.17) is 11.6 Å². The van der Waals surface area contributed by atoms with Crippen molar-refractivity contribution in [2.75, 3.05) is 5.32 Å². The second kappa shape index (κ2) is 4.77. The summed E-state index contributed by atoms with van der Waals surface area (Å²) in [5.41, 5.74) is 0.639. The number of benzene rings is 1. The van der Waals surface area contributed by atoms with Crippen molar-refractivity contribution in [3.05, 3.63) is 29.3 Å². The third kappa shape index (κ3) is 3.58. The van der Waals surface area contributed by atoms with Gasteiger partial charge < -0.3 is 5.32 Å². The van der Waals surface area contributed by atoms with Crippen LogP contribution in [-0.4, -0.2) is 11.7 Å². The first-order valence-electron chi connectivity index (χ1n) is 4.13. The van der Waals surface area contributed by atoms with E-state index in [9.17, 15) is 9.59 Å². The van der Waals surface area contributed by atoms with Gasteiger partial charge in [0.25, 0.3) is 0 Å². The third-order valence-electron chi connectivity index (χ3n) is 1.54. The number of anilines is 1. The summed E-state index contributed by atoms with van der Waals surface area (Å²) in [5, 5.41) is 3.19. The highest BCUT2D eigenvalue weighted by atomic mass is 35.5. The molecule has 0 aliphatic rings. The van der Waals surface area contributed by atoms with Crippen LogP contribution in [0.4, 0.5) is 5.69 Å². The summed E-state index contributed by atoms with van der Waals surface area (Å²) < 4.78 is 0. The van der Waals surface area contributed by atoms with Gasteiger partial charge in [-0.15, -0.1) is 0 Å². The average molecular weight is 212 g/mol. The van der Waals surface area contributed by atoms with Crippen LogP contribution in [0.25, 0.3) is 0 Å². The molecule has 0 aromatic heterocycles. The second-order valence-electron chi connectivity index (χ2n) is 2.93. The fourth-order valence-corrected chi connectivity index (χ4v) is 1.09. The average Bonchev–Trinajstić information content (AvgIpc) is 2.07. The minimum absolute atomic E-state index is 0.0946. The first kappa shape index (κ1) is 10.7. The number of nitrogens with one attached hydrogen (secondary N) is 1. The number of carbonyl (C=O) groups is 2. The molecule has 0 spiro atoms. The Hall–Kier alpha value is -1.35. The molecule has 0 bridgehead atoms. The highest BCUT2D eigenvalue weighted by molar-refractivity contribution is 6.30. The van der Waals surface area contributed by atoms with Gasteiger partial charge in [0.05, 0.1) is 6.42 Å². The summed E-state index contributed by atoms with van der Waals surface area (Å²) in [6.07, 6.45) is -0.0946. The van der Waals surface area contributed by atoms with Crippen LogP contribution in [-0.2, 0) is 9.59 Å². The van der Waals surface area contributed by atoms with Crippen LogP contribution < -0.4 is 5.32 Å². The maximum absolute atomic E-state index is 11.1. The van der Waals surface area contributed by atoms with Gasteiger partial charge in [0, 0.05) is 10.7 Å². The maximum Gasteiger partial charge on any atom is 0.231 e. The fraction of sp³-hybridized carbons (Fsp3) is 0.200. The summed E-state index contributed by atoms with van der Waals surface area (Å²) in [7, 11) is 0. The van der Waals surface area contributed by atoms with Crippen LogP contribution in [0.3, 0.4) is 0 Å². The van der Waals surface area contributed by atoms with Crippen molar-refractivity contribution in [1.82, 2.24) is 0 Å². The van der Waals surface area contributed by atoms with E-state index in [0.29, 0.717) is 10.7 Å². The van der Waals surface area contributed by atoms with Crippen LogP contribution in [0.1, 0.15) is 13.3 Å². The third-order valence-corrected chi connectivity index (χ3v) is 1.79. The quantitative estimate of drug-likeness (QED) is 0.780. The van der Waals surface area contributed by atoms with Gasteiger partial charge in [-0.3, -0.25) is 9.59 Å². The Morgan fingerprint density at radius 3 is 2.36 bits per heavy atom. The predicted octanol–water partition coefficient (Wildman–Crippen LogP) is 2.26. The second-order valence-corrected chi connectivity index (χ2v) is 3.37. The van der Waals surface area contributed by atoms with Crippen molar-refractivity contribution in [3.63, 3.8) is 0 Å². The van der Waals surface area contributed by atoms with Crippen molar-refractivity contribution >= 4 is 29.0 Å². The number of ketones is 1. The Balaban J connectivity index is 2.56. The Morgan fingerprint density at radius 2 is 1.86 bits per heavy atom. The molecular formula is C10H10ClNO2. The highest BCUT2D eigenvalue weighted by Gasteiger charge is 2.04. The lowest BCUT2D eigenvalue weighted by Crippen LogP contribution is -2.14. The number of hydrogen-bond donors (Lipinski definition) is 1. The van der Waals surface area contributed by atoms with Gasteiger partial charge in [0.15, 0.2) is 0 Å². The SMILES string of the molecule is CC(=O)CC(=O)Nc1ccc(Cl)cc1. The summed E-state index contributed by atoms with van der Waals surface area (Å²) in [4.78, 5) is 21.8. The molecule has 14 heavy (non-hydrogen) atoms. The molecule has 74 valence electrons. The number of halogens is 1. The summed E-state index contributed by atoms with van der Waals surface area (Å²) in [6.45, 7) is 1.38. The molecule has 0 radical (unpaired) electrons. The van der Waals surface area contributed by atoms with Crippen molar-refractivity contribution in [2.45, 2.75) is 13.3 Å². The van der Waals surface area contributed by atoms with E-state index in [1.807, 2.05) is 0 Å². The molecule has 0 atom stereocenters. The van der Waals surface area contributed by atoms with Crippen molar-refractivity contribution in [1.29, 1.82) is 0 Å². The van der Waals surface area contributed by atoms with Crippen LogP contribution >= 0.6 is 11.6 Å². The number of Topliss-reactive ketones (excluding diaryl/α,β-unsaturated/α-hetero) is 1. The highest BCUT2D eigenvalue weighted by Crippen LogP contribution is 2.13. The number of carbonyl (C=O) groups excluding carboxylic acids is 2. The Labute approximate surface area is 87.1 Å². The number of rotatable bonds is 3. The number of amides is 1. The summed E-state index contributed by atoms with van der Waals surface area (Å²) in [6, 6.07) is 6.70. The number of hydrogen-bond acceptors (Lipinski definition) is 2. The molecule has 1 rings (SSSR count). The molecule has 0 aliphatic heterocycles. The molecule has 3 nitrogen and oxygen atoms in total. The Kier molecular flexibility index (Phi) is 3.65. The molecule has 0 saturated heterocycles. The maximum atomic E-state index is 11.1. The van der Waals surface area contributed by atoms with E-state index in [2.05, 4.69) is 5.32 Å². The lowest BCUT2D eigenvalue weighted by molar-refractivity contribution is -0.124. The fourth-order valence-electron chi connectivity index (χ4n) is 0.965. The van der Waals surface area contributed by atoms with Crippen LogP contribution in [0.2, 0.25) is 5.02 Å². The van der Waals surface area contributed by atoms with Crippen LogP contribution in [0.15, 0.2) is 24.3 Å². The molecule has 1 aromatic rings. The predicted molar refractivity (Wildman–Crippen MR) is 55.4 cm³/mol. The van der Waals surface area contributed by atoms with Crippen LogP contribution in [0.5, 0.6) is 0 Å². The first-order valence-corrected chi connectivity index (χ1v) is 4.50. The van der Waals surface area contributed by atoms with E-state index in [0.717, 1.165) is 0 Å². The minimum atomic E-state index is -0.306. The first-order chi connectivity index (χ1) is 6.58. The lowest BCUT2D eigenvalue weighted by atomic mass is 10.2. The molecule has 1 N–H and O–H groups in total. The zero-order chi connectivity index (χ0) is 10.6. The molecule has 0 fully saturated rings. The van der Waals surface area contributed by atoms with Gasteiger partial charge in [-0.05, 0) is 31.2 Å². The van der Waals surface area contributed by atoms with E-state index in [1.54, 1.807) is 24.3 Å². The van der Waals surface area contributed by atoms with Gasteiger partial charge >= 0.3 is 0 Å². The lowest BCUT2D eigenvalue weighted by Gasteiger charge is -2.02. The van der Waals surface area contributed by atoms with E-state index >= 15 is 0 Å². The zero-order valence-electron chi connectivity index (χ0n) is 7.71. The minimum Gasteiger partial charge on any atom is -0.326 e. The van der Waals surface area contributed by atoms with Gasteiger partial charge in [-0.1, -0.05) is 11.6 Å². The Bertz CT molecular complexity index is 346. The van der Waals surface area contributed by atoms with Crippen LogP contribution in [0, 0.1) is 0 Å². The standard InChI is InChI=1S/C10H10ClNO2/c1-7(13)6-10(14)12-9-4-2-8(11)3-5-9/h2-5H,6H2,1H3,(H,12,14). The Morgan fingerprint density at radius 1 is 1.29 bits per heavy atom. The molecule has 0 aliphatic carbocycles. The smallest absolute Gasteiger partial charge is 0.231 e. The summed E-state index contributed by atoms with van der Waals surface area (Å²) >= 11 is 5.67. The van der Waals surface area contributed by atoms with E-state index in [1.165, 1.54) is 6.92 Å². The largest absolute Gasteiger partial charge is 0.326 e. The normalized spacial score (nSPS) is 9.57. The summed E-state index contributed by atoms with van der Waals surface area (Å²) in [5.74, 6) is -0.462. The molecule has 1 aromatic carbocycles. The van der Waals surface area contributed by atoms with Crippen molar-refractivity contribution in [3.8, 4) is 0 Å². The van der Waals surface area contributed by atoms with E-state index in [-0.39, 0.29) is 18.1 Å². The zero-order valence-corrected chi connectivity index (χ0v) is 8.47. The molecule has 4 heteroatoms. The van der Waals surface area contributed by atoms with Crippen molar-refractivity contribution in [2.24, 2.45) is 0 Å². The molecule has 0 saturated carbocycles. The molecule has 1 amide bonds. The van der Waals surface area contributed by atoms with E-state index < -0.39 is 0 Å². The molecule has 0 heterocycles. The van der Waals surface area contributed by atoms with Gasteiger partial charge in [-0.2, -0.15) is 0 Å². The monoisotopic (exact) mass is 211 g/mol. The van der Waals surface area contributed by atoms with Gasteiger partial charge in [-0.25, -0.2) is 0 Å². The van der Waals surface area contributed by atoms with Gasteiger partial charge in [0.2, 0.25) is 5.91 Å². The topological polar surface area (TPSA) is 46.2 Å². The molecule has 0 unspecified atom stereocenters. The van der Waals surface area contributed by atoms with Gasteiger partial charge in [0.1, 0.15) is 5.78 Å².